The summed E-state index contributed by atoms with van der Waals surface area (Å²) in [5, 5.41) is 8.81. The first-order valence-corrected chi connectivity index (χ1v) is 7.55. The molecule has 128 valence electrons. The predicted octanol–water partition coefficient (Wildman–Crippen LogP) is 2.21. The number of rotatable bonds is 8. The minimum absolute atomic E-state index is 0.0743. The highest BCUT2D eigenvalue weighted by Crippen LogP contribution is 2.18. The van der Waals surface area contributed by atoms with E-state index in [4.69, 9.17) is 14.7 Å². The Morgan fingerprint density at radius 1 is 1.00 bits per heavy atom. The molecule has 0 saturated carbocycles. The molecule has 0 aliphatic carbocycles. The molecule has 0 aliphatic heterocycles. The number of amides is 1. The van der Waals surface area contributed by atoms with Gasteiger partial charge in [0.05, 0.1) is 20.8 Å². The van der Waals surface area contributed by atoms with E-state index in [1.54, 1.807) is 19.7 Å². The number of nitrogens with one attached hydrogen (secondary N) is 1. The van der Waals surface area contributed by atoms with Gasteiger partial charge in [0.1, 0.15) is 11.5 Å². The minimum Gasteiger partial charge on any atom is -0.497 e. The molecular formula is C18H22N2O4. The fourth-order valence-electron chi connectivity index (χ4n) is 2.46. The SMILES string of the molecule is COc1cccc(CN(CC(=O)NO)Cc2cccc(OC)c2)c1. The Hall–Kier alpha value is -2.57. The van der Waals surface area contributed by atoms with Crippen LogP contribution in [-0.2, 0) is 17.9 Å². The number of carbonyl (C=O) groups is 1. The Labute approximate surface area is 141 Å². The fraction of sp³-hybridized carbons (Fsp3) is 0.278. The summed E-state index contributed by atoms with van der Waals surface area (Å²) in [5.41, 5.74) is 3.72. The largest absolute Gasteiger partial charge is 0.497 e. The van der Waals surface area contributed by atoms with E-state index in [-0.39, 0.29) is 6.54 Å². The molecule has 2 aromatic rings. The van der Waals surface area contributed by atoms with E-state index in [9.17, 15) is 4.79 Å². The first-order valence-electron chi connectivity index (χ1n) is 7.55. The Morgan fingerprint density at radius 2 is 1.50 bits per heavy atom. The number of hydrogen-bond donors (Lipinski definition) is 2. The van der Waals surface area contributed by atoms with Crippen LogP contribution in [-0.4, -0.2) is 36.8 Å². The molecule has 24 heavy (non-hydrogen) atoms. The highest BCUT2D eigenvalue weighted by molar-refractivity contribution is 5.76. The predicted molar refractivity (Wildman–Crippen MR) is 90.0 cm³/mol. The van der Waals surface area contributed by atoms with Crippen molar-refractivity contribution in [2.24, 2.45) is 0 Å². The number of hydrogen-bond acceptors (Lipinski definition) is 5. The van der Waals surface area contributed by atoms with E-state index >= 15 is 0 Å². The zero-order chi connectivity index (χ0) is 17.4. The molecule has 0 bridgehead atoms. The summed E-state index contributed by atoms with van der Waals surface area (Å²) in [6, 6.07) is 15.3. The van der Waals surface area contributed by atoms with E-state index < -0.39 is 5.91 Å². The monoisotopic (exact) mass is 330 g/mol. The van der Waals surface area contributed by atoms with Crippen molar-refractivity contribution in [3.63, 3.8) is 0 Å². The first-order chi connectivity index (χ1) is 11.6. The minimum atomic E-state index is -0.458. The van der Waals surface area contributed by atoms with Crippen LogP contribution in [0.1, 0.15) is 11.1 Å². The third-order valence-electron chi connectivity index (χ3n) is 3.57. The average molecular weight is 330 g/mol. The van der Waals surface area contributed by atoms with Gasteiger partial charge in [-0.05, 0) is 35.4 Å². The second kappa shape index (κ2) is 8.90. The van der Waals surface area contributed by atoms with Crippen molar-refractivity contribution in [2.75, 3.05) is 20.8 Å². The van der Waals surface area contributed by atoms with Crippen LogP contribution in [0.5, 0.6) is 11.5 Å². The van der Waals surface area contributed by atoms with Crippen LogP contribution in [0.2, 0.25) is 0 Å². The van der Waals surface area contributed by atoms with Crippen LogP contribution in [0.15, 0.2) is 48.5 Å². The number of ether oxygens (including phenoxy) is 2. The van der Waals surface area contributed by atoms with Gasteiger partial charge in [0.25, 0.3) is 5.91 Å². The second-order valence-corrected chi connectivity index (χ2v) is 5.38. The van der Waals surface area contributed by atoms with E-state index in [1.165, 1.54) is 0 Å². The number of nitrogens with zero attached hydrogens (tertiary/aromatic N) is 1. The molecule has 1 amide bonds. The van der Waals surface area contributed by atoms with Crippen molar-refractivity contribution in [3.05, 3.63) is 59.7 Å². The zero-order valence-electron chi connectivity index (χ0n) is 13.9. The summed E-state index contributed by atoms with van der Waals surface area (Å²) in [6.07, 6.45) is 0. The third-order valence-corrected chi connectivity index (χ3v) is 3.57. The van der Waals surface area contributed by atoms with Crippen LogP contribution in [0.3, 0.4) is 0 Å². The van der Waals surface area contributed by atoms with Gasteiger partial charge in [-0.2, -0.15) is 0 Å². The van der Waals surface area contributed by atoms with Crippen molar-refractivity contribution in [1.82, 2.24) is 10.4 Å². The summed E-state index contributed by atoms with van der Waals surface area (Å²) in [5.74, 6) is 1.07. The number of hydroxylamine groups is 1. The number of methoxy groups -OCH3 is 2. The first kappa shape index (κ1) is 17.8. The summed E-state index contributed by atoms with van der Waals surface area (Å²) in [7, 11) is 3.23. The maximum absolute atomic E-state index is 11.6. The van der Waals surface area contributed by atoms with Crippen LogP contribution >= 0.6 is 0 Å². The van der Waals surface area contributed by atoms with Crippen molar-refractivity contribution in [2.45, 2.75) is 13.1 Å². The summed E-state index contributed by atoms with van der Waals surface area (Å²) < 4.78 is 10.5. The van der Waals surface area contributed by atoms with E-state index in [2.05, 4.69) is 0 Å². The fourth-order valence-corrected chi connectivity index (χ4v) is 2.46. The molecule has 2 rings (SSSR count). The number of carbonyl (C=O) groups excluding carboxylic acids is 1. The van der Waals surface area contributed by atoms with Crippen molar-refractivity contribution >= 4 is 5.91 Å². The number of benzene rings is 2. The molecule has 0 unspecified atom stereocenters. The molecule has 0 radical (unpaired) electrons. The van der Waals surface area contributed by atoms with Gasteiger partial charge < -0.3 is 9.47 Å². The lowest BCUT2D eigenvalue weighted by Crippen LogP contribution is -2.35. The van der Waals surface area contributed by atoms with Crippen LogP contribution in [0.25, 0.3) is 0 Å². The van der Waals surface area contributed by atoms with E-state index in [1.807, 2.05) is 53.4 Å². The zero-order valence-corrected chi connectivity index (χ0v) is 13.9. The van der Waals surface area contributed by atoms with Crippen molar-refractivity contribution < 1.29 is 19.5 Å². The molecule has 0 atom stereocenters. The molecule has 0 aliphatic rings. The van der Waals surface area contributed by atoms with Gasteiger partial charge in [-0.25, -0.2) is 5.48 Å². The highest BCUT2D eigenvalue weighted by atomic mass is 16.5. The molecule has 2 aromatic carbocycles. The molecule has 6 heteroatoms. The Balaban J connectivity index is 2.15. The lowest BCUT2D eigenvalue weighted by Gasteiger charge is -2.22. The molecule has 0 saturated heterocycles. The summed E-state index contributed by atoms with van der Waals surface area (Å²) in [6.45, 7) is 1.16. The van der Waals surface area contributed by atoms with Crippen molar-refractivity contribution in [3.8, 4) is 11.5 Å². The molecule has 2 N–H and O–H groups in total. The standard InChI is InChI=1S/C18H22N2O4/c1-23-16-7-3-5-14(9-16)11-20(13-18(21)19-22)12-15-6-4-8-17(10-15)24-2/h3-10,22H,11-13H2,1-2H3,(H,19,21). The molecular weight excluding hydrogens is 308 g/mol. The lowest BCUT2D eigenvalue weighted by atomic mass is 10.1. The topological polar surface area (TPSA) is 71.0 Å². The summed E-state index contributed by atoms with van der Waals surface area (Å²) >= 11 is 0. The molecule has 0 spiro atoms. The summed E-state index contributed by atoms with van der Waals surface area (Å²) in [4.78, 5) is 13.5. The Kier molecular flexibility index (Phi) is 6.60. The van der Waals surface area contributed by atoms with Gasteiger partial charge in [-0.1, -0.05) is 24.3 Å². The normalized spacial score (nSPS) is 10.5. The molecule has 6 nitrogen and oxygen atoms in total. The van der Waals surface area contributed by atoms with E-state index in [0.717, 1.165) is 22.6 Å². The van der Waals surface area contributed by atoms with Crippen LogP contribution in [0, 0.1) is 0 Å². The van der Waals surface area contributed by atoms with Gasteiger partial charge >= 0.3 is 0 Å². The van der Waals surface area contributed by atoms with Crippen molar-refractivity contribution in [1.29, 1.82) is 0 Å². The second-order valence-electron chi connectivity index (χ2n) is 5.38. The van der Waals surface area contributed by atoms with Crippen LogP contribution in [0.4, 0.5) is 0 Å². The third kappa shape index (κ3) is 5.26. The quantitative estimate of drug-likeness (QED) is 0.574. The molecule has 0 fully saturated rings. The highest BCUT2D eigenvalue weighted by Gasteiger charge is 2.12. The van der Waals surface area contributed by atoms with Gasteiger partial charge in [0.2, 0.25) is 0 Å². The maximum Gasteiger partial charge on any atom is 0.257 e. The van der Waals surface area contributed by atoms with Gasteiger partial charge in [0.15, 0.2) is 0 Å². The van der Waals surface area contributed by atoms with E-state index in [0.29, 0.717) is 13.1 Å². The van der Waals surface area contributed by atoms with Gasteiger partial charge in [-0.3, -0.25) is 14.9 Å². The average Bonchev–Trinajstić information content (AvgIpc) is 2.61. The smallest absolute Gasteiger partial charge is 0.257 e. The lowest BCUT2D eigenvalue weighted by molar-refractivity contribution is -0.130. The molecule has 0 aromatic heterocycles. The maximum atomic E-state index is 11.6. The Bertz CT molecular complexity index is 626. The molecule has 0 heterocycles. The van der Waals surface area contributed by atoms with Crippen LogP contribution < -0.4 is 15.0 Å². The van der Waals surface area contributed by atoms with Gasteiger partial charge in [0, 0.05) is 13.1 Å². The van der Waals surface area contributed by atoms with Gasteiger partial charge in [-0.15, -0.1) is 0 Å². The Morgan fingerprint density at radius 3 is 1.92 bits per heavy atom.